The fraction of sp³-hybridized carbons (Fsp3) is 0.609. The van der Waals surface area contributed by atoms with E-state index in [0.29, 0.717) is 12.0 Å². The van der Waals surface area contributed by atoms with Crippen molar-refractivity contribution in [3.05, 3.63) is 36.0 Å². The van der Waals surface area contributed by atoms with Crippen LogP contribution in [-0.2, 0) is 0 Å². The number of amides is 2. The molecule has 1 aliphatic heterocycles. The Hall–Kier alpha value is -2.01. The van der Waals surface area contributed by atoms with E-state index in [0.717, 1.165) is 45.4 Å². The summed E-state index contributed by atoms with van der Waals surface area (Å²) < 4.78 is 0. The van der Waals surface area contributed by atoms with E-state index in [9.17, 15) is 4.79 Å². The standard InChI is InChI=1S/C23H34N4O/c28-23(26-19-7-2-1-3-8-19)24-13-6-14-27-15-11-18(12-16-27)21-17-25-22-10-5-4-9-20(21)22/h4-5,9-10,17-19,25H,1-3,6-8,11-16H2,(H2,24,26,28). The first-order chi connectivity index (χ1) is 13.8. The summed E-state index contributed by atoms with van der Waals surface area (Å²) in [7, 11) is 0. The third-order valence-corrected chi connectivity index (χ3v) is 6.53. The van der Waals surface area contributed by atoms with E-state index < -0.39 is 0 Å². The maximum atomic E-state index is 12.0. The zero-order chi connectivity index (χ0) is 19.2. The molecule has 28 heavy (non-hydrogen) atoms. The van der Waals surface area contributed by atoms with Gasteiger partial charge in [0.25, 0.3) is 0 Å². The van der Waals surface area contributed by atoms with E-state index >= 15 is 0 Å². The molecule has 2 amide bonds. The summed E-state index contributed by atoms with van der Waals surface area (Å²) in [4.78, 5) is 18.0. The van der Waals surface area contributed by atoms with Crippen LogP contribution in [0.3, 0.4) is 0 Å². The first kappa shape index (κ1) is 19.3. The second kappa shape index (κ2) is 9.46. The van der Waals surface area contributed by atoms with Gasteiger partial charge in [0, 0.05) is 29.7 Å². The number of aromatic nitrogens is 1. The Bertz CT molecular complexity index is 757. The molecule has 3 N–H and O–H groups in total. The second-order valence-electron chi connectivity index (χ2n) is 8.49. The molecule has 2 aromatic rings. The van der Waals surface area contributed by atoms with Crippen molar-refractivity contribution < 1.29 is 4.79 Å². The van der Waals surface area contributed by atoms with Crippen LogP contribution in [0.15, 0.2) is 30.5 Å². The number of fused-ring (bicyclic) bond motifs is 1. The highest BCUT2D eigenvalue weighted by molar-refractivity contribution is 5.83. The summed E-state index contributed by atoms with van der Waals surface area (Å²) in [6.45, 7) is 4.14. The van der Waals surface area contributed by atoms with E-state index in [1.54, 1.807) is 0 Å². The van der Waals surface area contributed by atoms with Gasteiger partial charge in [-0.2, -0.15) is 0 Å². The molecule has 0 unspecified atom stereocenters. The largest absolute Gasteiger partial charge is 0.361 e. The van der Waals surface area contributed by atoms with Crippen LogP contribution in [-0.4, -0.2) is 48.1 Å². The highest BCUT2D eigenvalue weighted by Crippen LogP contribution is 2.33. The van der Waals surface area contributed by atoms with E-state index in [4.69, 9.17) is 0 Å². The Balaban J connectivity index is 1.14. The maximum absolute atomic E-state index is 12.0. The zero-order valence-electron chi connectivity index (χ0n) is 16.9. The summed E-state index contributed by atoms with van der Waals surface area (Å²) in [6, 6.07) is 9.02. The quantitative estimate of drug-likeness (QED) is 0.650. The molecule has 0 atom stereocenters. The van der Waals surface area contributed by atoms with Gasteiger partial charge in [0.05, 0.1) is 0 Å². The number of para-hydroxylation sites is 1. The smallest absolute Gasteiger partial charge is 0.315 e. The molecule has 2 heterocycles. The van der Waals surface area contributed by atoms with Gasteiger partial charge in [0.15, 0.2) is 0 Å². The molecule has 1 aliphatic carbocycles. The zero-order valence-corrected chi connectivity index (χ0v) is 16.9. The Morgan fingerprint density at radius 3 is 2.68 bits per heavy atom. The highest BCUT2D eigenvalue weighted by atomic mass is 16.2. The number of urea groups is 1. The SMILES string of the molecule is O=C(NCCCN1CCC(c2c[nH]c3ccccc23)CC1)NC1CCCCC1. The molecule has 1 saturated heterocycles. The topological polar surface area (TPSA) is 60.2 Å². The van der Waals surface area contributed by atoms with Gasteiger partial charge in [-0.05, 0) is 69.3 Å². The highest BCUT2D eigenvalue weighted by Gasteiger charge is 2.22. The molecular formula is C23H34N4O. The number of H-pyrrole nitrogens is 1. The minimum Gasteiger partial charge on any atom is -0.361 e. The predicted molar refractivity (Wildman–Crippen MR) is 115 cm³/mol. The van der Waals surface area contributed by atoms with Gasteiger partial charge in [-0.15, -0.1) is 0 Å². The van der Waals surface area contributed by atoms with Crippen molar-refractivity contribution in [2.24, 2.45) is 0 Å². The molecule has 1 aromatic carbocycles. The third kappa shape index (κ3) is 4.88. The van der Waals surface area contributed by atoms with Gasteiger partial charge in [-0.25, -0.2) is 4.79 Å². The van der Waals surface area contributed by atoms with Crippen molar-refractivity contribution in [2.75, 3.05) is 26.2 Å². The number of piperidine rings is 1. The van der Waals surface area contributed by atoms with Crippen LogP contribution in [0.5, 0.6) is 0 Å². The number of benzene rings is 1. The van der Waals surface area contributed by atoms with Crippen LogP contribution in [0, 0.1) is 0 Å². The van der Waals surface area contributed by atoms with Crippen molar-refractivity contribution in [3.8, 4) is 0 Å². The summed E-state index contributed by atoms with van der Waals surface area (Å²) in [5.41, 5.74) is 2.73. The van der Waals surface area contributed by atoms with Gasteiger partial charge in [-0.1, -0.05) is 37.5 Å². The van der Waals surface area contributed by atoms with Crippen molar-refractivity contribution in [3.63, 3.8) is 0 Å². The van der Waals surface area contributed by atoms with Crippen molar-refractivity contribution in [2.45, 2.75) is 63.3 Å². The number of hydrogen-bond acceptors (Lipinski definition) is 2. The van der Waals surface area contributed by atoms with E-state index in [1.165, 1.54) is 48.6 Å². The number of hydrogen-bond donors (Lipinski definition) is 3. The van der Waals surface area contributed by atoms with E-state index in [1.807, 2.05) is 0 Å². The fourth-order valence-corrected chi connectivity index (χ4v) is 4.89. The first-order valence-corrected chi connectivity index (χ1v) is 11.1. The Labute approximate surface area is 168 Å². The molecule has 1 aromatic heterocycles. The van der Waals surface area contributed by atoms with Crippen molar-refractivity contribution in [1.82, 2.24) is 20.5 Å². The van der Waals surface area contributed by atoms with Gasteiger partial charge < -0.3 is 20.5 Å². The number of carbonyl (C=O) groups excluding carboxylic acids is 1. The minimum atomic E-state index is 0.0185. The number of likely N-dealkylation sites (tertiary alicyclic amines) is 1. The first-order valence-electron chi connectivity index (χ1n) is 11.1. The van der Waals surface area contributed by atoms with Gasteiger partial charge in [-0.3, -0.25) is 0 Å². The van der Waals surface area contributed by atoms with Crippen LogP contribution in [0.25, 0.3) is 10.9 Å². The second-order valence-corrected chi connectivity index (χ2v) is 8.49. The number of nitrogens with one attached hydrogen (secondary N) is 3. The van der Waals surface area contributed by atoms with Crippen molar-refractivity contribution >= 4 is 16.9 Å². The molecule has 4 rings (SSSR count). The summed E-state index contributed by atoms with van der Waals surface area (Å²) in [5.74, 6) is 0.659. The monoisotopic (exact) mass is 382 g/mol. The summed E-state index contributed by atoms with van der Waals surface area (Å²) in [6.07, 6.45) is 11.8. The van der Waals surface area contributed by atoms with Gasteiger partial charge in [0.1, 0.15) is 0 Å². The number of nitrogens with zero attached hydrogens (tertiary/aromatic N) is 1. The van der Waals surface area contributed by atoms with Crippen molar-refractivity contribution in [1.29, 1.82) is 0 Å². The average Bonchev–Trinajstić information content (AvgIpc) is 3.17. The lowest BCUT2D eigenvalue weighted by Gasteiger charge is -2.32. The minimum absolute atomic E-state index is 0.0185. The molecule has 0 spiro atoms. The molecule has 5 heteroatoms. The van der Waals surface area contributed by atoms with Crippen LogP contribution in [0.1, 0.15) is 62.8 Å². The predicted octanol–water partition coefficient (Wildman–Crippen LogP) is 4.37. The third-order valence-electron chi connectivity index (χ3n) is 6.53. The summed E-state index contributed by atoms with van der Waals surface area (Å²) in [5, 5.41) is 7.55. The molecule has 0 bridgehead atoms. The van der Waals surface area contributed by atoms with Crippen LogP contribution < -0.4 is 10.6 Å². The molecule has 2 fully saturated rings. The Morgan fingerprint density at radius 1 is 1.07 bits per heavy atom. The molecule has 0 radical (unpaired) electrons. The van der Waals surface area contributed by atoms with Crippen LogP contribution in [0.2, 0.25) is 0 Å². The molecular weight excluding hydrogens is 348 g/mol. The molecule has 5 nitrogen and oxygen atoms in total. The Kier molecular flexibility index (Phi) is 6.53. The lowest BCUT2D eigenvalue weighted by Crippen LogP contribution is -2.43. The van der Waals surface area contributed by atoms with Gasteiger partial charge in [0.2, 0.25) is 0 Å². The molecule has 1 saturated carbocycles. The number of carbonyl (C=O) groups is 1. The number of aromatic amines is 1. The Morgan fingerprint density at radius 2 is 1.86 bits per heavy atom. The molecule has 2 aliphatic rings. The van der Waals surface area contributed by atoms with Gasteiger partial charge >= 0.3 is 6.03 Å². The molecule has 152 valence electrons. The summed E-state index contributed by atoms with van der Waals surface area (Å²) >= 11 is 0. The fourth-order valence-electron chi connectivity index (χ4n) is 4.89. The van der Waals surface area contributed by atoms with Crippen LogP contribution in [0.4, 0.5) is 4.79 Å². The lowest BCUT2D eigenvalue weighted by molar-refractivity contribution is 0.208. The van der Waals surface area contributed by atoms with E-state index in [-0.39, 0.29) is 6.03 Å². The van der Waals surface area contributed by atoms with Crippen LogP contribution >= 0.6 is 0 Å². The number of rotatable bonds is 6. The average molecular weight is 383 g/mol. The van der Waals surface area contributed by atoms with E-state index in [2.05, 4.69) is 51.0 Å². The maximum Gasteiger partial charge on any atom is 0.315 e. The normalized spacial score (nSPS) is 19.7. The lowest BCUT2D eigenvalue weighted by atomic mass is 9.89.